The summed E-state index contributed by atoms with van der Waals surface area (Å²) in [5.74, 6) is -0.0320. The van der Waals surface area contributed by atoms with E-state index < -0.39 is 23.6 Å². The molecule has 0 bridgehead atoms. The molecule has 0 unspecified atom stereocenters. The number of anilines is 2. The van der Waals surface area contributed by atoms with Crippen molar-refractivity contribution in [1.29, 1.82) is 0 Å². The lowest BCUT2D eigenvalue weighted by molar-refractivity contribution is -0.138. The maximum absolute atomic E-state index is 13.7. The van der Waals surface area contributed by atoms with Crippen LogP contribution in [-0.4, -0.2) is 45.3 Å². The van der Waals surface area contributed by atoms with E-state index in [9.17, 15) is 22.8 Å². The quantitative estimate of drug-likeness (QED) is 0.348. The van der Waals surface area contributed by atoms with E-state index in [0.717, 1.165) is 6.07 Å². The summed E-state index contributed by atoms with van der Waals surface area (Å²) >= 11 is 0. The van der Waals surface area contributed by atoms with Gasteiger partial charge in [-0.25, -0.2) is 9.78 Å². The topological polar surface area (TPSA) is 102 Å². The third-order valence-electron chi connectivity index (χ3n) is 6.42. The minimum atomic E-state index is -4.60. The van der Waals surface area contributed by atoms with Crippen LogP contribution in [0.2, 0.25) is 0 Å². The molecule has 0 radical (unpaired) electrons. The Hall–Kier alpha value is -4.74. The Kier molecular flexibility index (Phi) is 6.54. The summed E-state index contributed by atoms with van der Waals surface area (Å²) in [5.41, 5.74) is 1.16. The second-order valence-corrected chi connectivity index (χ2v) is 8.87. The van der Waals surface area contributed by atoms with E-state index in [4.69, 9.17) is 4.74 Å². The molecule has 0 saturated heterocycles. The fraction of sp³-hybridized carbons (Fsp3) is 0.222. The number of nitrogens with one attached hydrogen (secondary N) is 1. The van der Waals surface area contributed by atoms with Crippen LogP contribution in [0.5, 0.6) is 0 Å². The second-order valence-electron chi connectivity index (χ2n) is 8.87. The van der Waals surface area contributed by atoms with E-state index in [2.05, 4.69) is 20.5 Å². The van der Waals surface area contributed by atoms with E-state index in [-0.39, 0.29) is 23.5 Å². The van der Waals surface area contributed by atoms with Crippen LogP contribution in [0, 0.1) is 0 Å². The summed E-state index contributed by atoms with van der Waals surface area (Å²) in [6.07, 6.45) is -3.08. The van der Waals surface area contributed by atoms with Crippen molar-refractivity contribution in [3.63, 3.8) is 0 Å². The van der Waals surface area contributed by atoms with E-state index in [1.54, 1.807) is 41.9 Å². The SMILES string of the molecule is CCNc1cc(-c2ccc(C(=O)OC)cc2-c2nncn2C)cc(N2Cc3c(cccc3C(F)(F)F)C2=O)n1. The molecule has 3 heterocycles. The Morgan fingerprint density at radius 1 is 1.10 bits per heavy atom. The number of alkyl halides is 3. The van der Waals surface area contributed by atoms with Gasteiger partial charge in [-0.3, -0.25) is 9.69 Å². The monoisotopic (exact) mass is 536 g/mol. The van der Waals surface area contributed by atoms with Gasteiger partial charge < -0.3 is 14.6 Å². The molecule has 12 heteroatoms. The first-order valence-electron chi connectivity index (χ1n) is 12.0. The number of aryl methyl sites for hydroxylation is 1. The van der Waals surface area contributed by atoms with E-state index >= 15 is 0 Å². The molecule has 1 amide bonds. The molecule has 0 atom stereocenters. The molecule has 0 fully saturated rings. The number of ether oxygens (including phenoxy) is 1. The number of halogens is 3. The first-order chi connectivity index (χ1) is 18.6. The number of hydrogen-bond acceptors (Lipinski definition) is 7. The van der Waals surface area contributed by atoms with Gasteiger partial charge in [0.05, 0.1) is 24.8 Å². The number of rotatable bonds is 6. The van der Waals surface area contributed by atoms with E-state index in [1.165, 1.54) is 30.5 Å². The van der Waals surface area contributed by atoms with Crippen molar-refractivity contribution in [3.8, 4) is 22.5 Å². The van der Waals surface area contributed by atoms with E-state index in [1.807, 2.05) is 6.92 Å². The second kappa shape index (κ2) is 9.86. The predicted octanol–water partition coefficient (Wildman–Crippen LogP) is 4.94. The molecule has 0 aliphatic carbocycles. The van der Waals surface area contributed by atoms with E-state index in [0.29, 0.717) is 40.4 Å². The number of amides is 1. The zero-order valence-corrected chi connectivity index (χ0v) is 21.2. The zero-order chi connectivity index (χ0) is 27.9. The number of benzene rings is 2. The highest BCUT2D eigenvalue weighted by molar-refractivity contribution is 6.10. The van der Waals surface area contributed by atoms with Crippen molar-refractivity contribution in [3.05, 3.63) is 77.1 Å². The molecule has 1 aliphatic heterocycles. The minimum Gasteiger partial charge on any atom is -0.465 e. The van der Waals surface area contributed by atoms with Crippen molar-refractivity contribution in [2.45, 2.75) is 19.6 Å². The number of carbonyl (C=O) groups is 2. The Morgan fingerprint density at radius 2 is 1.90 bits per heavy atom. The maximum atomic E-state index is 13.7. The largest absolute Gasteiger partial charge is 0.465 e. The fourth-order valence-electron chi connectivity index (χ4n) is 4.62. The van der Waals surface area contributed by atoms with Gasteiger partial charge in [0, 0.05) is 24.7 Å². The molecule has 5 rings (SSSR count). The summed E-state index contributed by atoms with van der Waals surface area (Å²) in [6, 6.07) is 11.9. The highest BCUT2D eigenvalue weighted by Gasteiger charge is 2.40. The Balaban J connectivity index is 1.66. The number of nitrogens with zero attached hydrogens (tertiary/aromatic N) is 5. The molecule has 200 valence electrons. The number of pyridine rings is 1. The van der Waals surface area contributed by atoms with Crippen LogP contribution < -0.4 is 10.2 Å². The van der Waals surface area contributed by atoms with Crippen molar-refractivity contribution >= 4 is 23.5 Å². The van der Waals surface area contributed by atoms with Crippen molar-refractivity contribution in [2.24, 2.45) is 7.05 Å². The average Bonchev–Trinajstić information content (AvgIpc) is 3.50. The van der Waals surface area contributed by atoms with Gasteiger partial charge >= 0.3 is 12.1 Å². The first-order valence-corrected chi connectivity index (χ1v) is 12.0. The molecule has 4 aromatic rings. The Morgan fingerprint density at radius 3 is 2.56 bits per heavy atom. The number of aromatic nitrogens is 4. The number of esters is 1. The molecule has 0 spiro atoms. The van der Waals surface area contributed by atoms with Gasteiger partial charge in [-0.15, -0.1) is 10.2 Å². The van der Waals surface area contributed by atoms with Crippen LogP contribution in [0.3, 0.4) is 0 Å². The summed E-state index contributed by atoms with van der Waals surface area (Å²) in [5, 5.41) is 11.3. The standard InChI is InChI=1S/C27H23F3N6O3/c1-4-31-22-11-16(17-9-8-15(26(38)39-3)10-19(17)24-34-32-14-35(24)2)12-23(33-22)36-13-20-18(25(36)37)6-5-7-21(20)27(28,29)30/h5-12,14H,4,13H2,1-3H3,(H,31,33). The van der Waals surface area contributed by atoms with Crippen molar-refractivity contribution < 1.29 is 27.5 Å². The predicted molar refractivity (Wildman–Crippen MR) is 137 cm³/mol. The smallest absolute Gasteiger partial charge is 0.416 e. The lowest BCUT2D eigenvalue weighted by Crippen LogP contribution is -2.24. The van der Waals surface area contributed by atoms with Gasteiger partial charge in [0.15, 0.2) is 5.82 Å². The van der Waals surface area contributed by atoms with Crippen LogP contribution in [0.25, 0.3) is 22.5 Å². The van der Waals surface area contributed by atoms with Gasteiger partial charge in [0.25, 0.3) is 5.91 Å². The van der Waals surface area contributed by atoms with Gasteiger partial charge in [-0.2, -0.15) is 13.2 Å². The number of fused-ring (bicyclic) bond motifs is 1. The molecule has 2 aromatic carbocycles. The van der Waals surface area contributed by atoms with Crippen LogP contribution >= 0.6 is 0 Å². The van der Waals surface area contributed by atoms with Crippen LogP contribution in [-0.2, 0) is 24.5 Å². The Labute approximate surface area is 221 Å². The Bertz CT molecular complexity index is 1600. The van der Waals surface area contributed by atoms with Gasteiger partial charge in [-0.05, 0) is 60.0 Å². The molecule has 0 saturated carbocycles. The van der Waals surface area contributed by atoms with Crippen LogP contribution in [0.15, 0.2) is 54.9 Å². The number of hydrogen-bond donors (Lipinski definition) is 1. The third kappa shape index (κ3) is 4.69. The van der Waals surface area contributed by atoms with Crippen molar-refractivity contribution in [2.75, 3.05) is 23.9 Å². The normalized spacial score (nSPS) is 13.0. The molecule has 9 nitrogen and oxygen atoms in total. The molecular formula is C27H23F3N6O3. The lowest BCUT2D eigenvalue weighted by atomic mass is 9.97. The summed E-state index contributed by atoms with van der Waals surface area (Å²) < 4.78 is 47.6. The molecular weight excluding hydrogens is 513 g/mol. The highest BCUT2D eigenvalue weighted by Crippen LogP contribution is 2.40. The summed E-state index contributed by atoms with van der Waals surface area (Å²) in [7, 11) is 3.04. The maximum Gasteiger partial charge on any atom is 0.416 e. The molecule has 39 heavy (non-hydrogen) atoms. The van der Waals surface area contributed by atoms with Gasteiger partial charge in [0.1, 0.15) is 18.0 Å². The number of methoxy groups -OCH3 is 1. The summed E-state index contributed by atoms with van der Waals surface area (Å²) in [6.45, 7) is 2.11. The summed E-state index contributed by atoms with van der Waals surface area (Å²) in [4.78, 5) is 31.3. The zero-order valence-electron chi connectivity index (χ0n) is 21.2. The highest BCUT2D eigenvalue weighted by atomic mass is 19.4. The van der Waals surface area contributed by atoms with Gasteiger partial charge in [0.2, 0.25) is 0 Å². The average molecular weight is 537 g/mol. The first kappa shape index (κ1) is 25.9. The molecule has 1 N–H and O–H groups in total. The molecule has 2 aromatic heterocycles. The fourth-order valence-corrected chi connectivity index (χ4v) is 4.62. The third-order valence-corrected chi connectivity index (χ3v) is 6.42. The van der Waals surface area contributed by atoms with Crippen LogP contribution in [0.1, 0.15) is 38.8 Å². The molecule has 1 aliphatic rings. The van der Waals surface area contributed by atoms with Crippen LogP contribution in [0.4, 0.5) is 24.8 Å². The van der Waals surface area contributed by atoms with Crippen molar-refractivity contribution in [1.82, 2.24) is 19.7 Å². The minimum absolute atomic E-state index is 0.00997. The lowest BCUT2D eigenvalue weighted by Gasteiger charge is -2.19. The van der Waals surface area contributed by atoms with Gasteiger partial charge in [-0.1, -0.05) is 12.1 Å². The number of carbonyl (C=O) groups excluding carboxylic acids is 2.